The molecule has 1 aliphatic heterocycles. The monoisotopic (exact) mass is 239 g/mol. The van der Waals surface area contributed by atoms with Crippen LogP contribution in [0.5, 0.6) is 0 Å². The standard InChI is InChI=1S/C13H21NOS/c1-9-7-13(11(3)15-9)10(2)14-12-5-4-6-16-8-12/h7,10,12,14H,4-6,8H2,1-3H3. The first-order chi connectivity index (χ1) is 7.66. The zero-order chi connectivity index (χ0) is 11.5. The Kier molecular flexibility index (Phi) is 3.98. The van der Waals surface area contributed by atoms with Crippen LogP contribution in [0.15, 0.2) is 10.5 Å². The third kappa shape index (κ3) is 2.83. The Balaban J connectivity index is 1.96. The summed E-state index contributed by atoms with van der Waals surface area (Å²) >= 11 is 2.06. The van der Waals surface area contributed by atoms with Crippen LogP contribution in [0.2, 0.25) is 0 Å². The highest BCUT2D eigenvalue weighted by Gasteiger charge is 2.19. The van der Waals surface area contributed by atoms with E-state index in [1.807, 2.05) is 6.92 Å². The molecule has 0 saturated carbocycles. The third-order valence-corrected chi connectivity index (χ3v) is 4.41. The molecule has 1 saturated heterocycles. The van der Waals surface area contributed by atoms with Crippen molar-refractivity contribution in [1.29, 1.82) is 0 Å². The Morgan fingerprint density at radius 2 is 2.31 bits per heavy atom. The lowest BCUT2D eigenvalue weighted by molar-refractivity contribution is 0.442. The molecule has 2 rings (SSSR count). The first kappa shape index (κ1) is 12.1. The van der Waals surface area contributed by atoms with Crippen molar-refractivity contribution < 1.29 is 4.42 Å². The maximum absolute atomic E-state index is 5.58. The van der Waals surface area contributed by atoms with Crippen molar-refractivity contribution in [1.82, 2.24) is 5.32 Å². The molecule has 1 aromatic rings. The lowest BCUT2D eigenvalue weighted by atomic mass is 10.1. The van der Waals surface area contributed by atoms with Crippen molar-refractivity contribution in [2.75, 3.05) is 11.5 Å². The van der Waals surface area contributed by atoms with E-state index in [2.05, 4.69) is 37.0 Å². The summed E-state index contributed by atoms with van der Waals surface area (Å²) in [7, 11) is 0. The molecule has 0 spiro atoms. The van der Waals surface area contributed by atoms with Gasteiger partial charge in [-0.05, 0) is 45.4 Å². The van der Waals surface area contributed by atoms with Gasteiger partial charge in [-0.2, -0.15) is 11.8 Å². The van der Waals surface area contributed by atoms with Crippen LogP contribution in [-0.2, 0) is 0 Å². The van der Waals surface area contributed by atoms with Crippen molar-refractivity contribution in [2.45, 2.75) is 45.7 Å². The predicted molar refractivity (Wildman–Crippen MR) is 70.1 cm³/mol. The van der Waals surface area contributed by atoms with Gasteiger partial charge < -0.3 is 9.73 Å². The number of rotatable bonds is 3. The van der Waals surface area contributed by atoms with Crippen molar-refractivity contribution in [3.63, 3.8) is 0 Å². The van der Waals surface area contributed by atoms with Gasteiger partial charge in [0.15, 0.2) is 0 Å². The highest BCUT2D eigenvalue weighted by molar-refractivity contribution is 7.99. The minimum absolute atomic E-state index is 0.404. The number of hydrogen-bond donors (Lipinski definition) is 1. The van der Waals surface area contributed by atoms with E-state index in [-0.39, 0.29) is 0 Å². The van der Waals surface area contributed by atoms with E-state index in [9.17, 15) is 0 Å². The normalized spacial score (nSPS) is 23.3. The average molecular weight is 239 g/mol. The Labute approximate surface area is 102 Å². The number of furan rings is 1. The van der Waals surface area contributed by atoms with Gasteiger partial charge >= 0.3 is 0 Å². The molecule has 0 aromatic carbocycles. The minimum atomic E-state index is 0.404. The smallest absolute Gasteiger partial charge is 0.105 e. The lowest BCUT2D eigenvalue weighted by Gasteiger charge is -2.26. The second kappa shape index (κ2) is 5.28. The second-order valence-electron chi connectivity index (χ2n) is 4.67. The van der Waals surface area contributed by atoms with Crippen LogP contribution in [-0.4, -0.2) is 17.5 Å². The fourth-order valence-electron chi connectivity index (χ4n) is 2.40. The highest BCUT2D eigenvalue weighted by Crippen LogP contribution is 2.24. The SMILES string of the molecule is Cc1cc(C(C)NC2CCCSC2)c(C)o1. The van der Waals surface area contributed by atoms with Gasteiger partial charge in [0.05, 0.1) is 0 Å². The van der Waals surface area contributed by atoms with E-state index in [4.69, 9.17) is 4.42 Å². The van der Waals surface area contributed by atoms with Gasteiger partial charge in [-0.3, -0.25) is 0 Å². The molecule has 1 N–H and O–H groups in total. The summed E-state index contributed by atoms with van der Waals surface area (Å²) < 4.78 is 5.58. The Bertz CT molecular complexity index is 342. The molecule has 0 bridgehead atoms. The first-order valence-electron chi connectivity index (χ1n) is 6.07. The van der Waals surface area contributed by atoms with Gasteiger partial charge in [-0.15, -0.1) is 0 Å². The molecule has 0 aliphatic carbocycles. The summed E-state index contributed by atoms with van der Waals surface area (Å²) in [6.07, 6.45) is 2.66. The Hall–Kier alpha value is -0.410. The topological polar surface area (TPSA) is 25.2 Å². The summed E-state index contributed by atoms with van der Waals surface area (Å²) in [6, 6.07) is 3.23. The predicted octanol–water partition coefficient (Wildman–Crippen LogP) is 3.44. The molecule has 2 nitrogen and oxygen atoms in total. The van der Waals surface area contributed by atoms with E-state index >= 15 is 0 Å². The number of aryl methyl sites for hydroxylation is 2. The largest absolute Gasteiger partial charge is 0.466 e. The van der Waals surface area contributed by atoms with Gasteiger partial charge in [0.2, 0.25) is 0 Å². The summed E-state index contributed by atoms with van der Waals surface area (Å²) in [4.78, 5) is 0. The molecule has 2 unspecified atom stereocenters. The van der Waals surface area contributed by atoms with Crippen molar-refractivity contribution in [3.05, 3.63) is 23.2 Å². The second-order valence-corrected chi connectivity index (χ2v) is 5.82. The molecule has 0 radical (unpaired) electrons. The van der Waals surface area contributed by atoms with E-state index < -0.39 is 0 Å². The molecule has 1 aromatic heterocycles. The zero-order valence-electron chi connectivity index (χ0n) is 10.4. The minimum Gasteiger partial charge on any atom is -0.466 e. The van der Waals surface area contributed by atoms with Crippen molar-refractivity contribution in [3.8, 4) is 0 Å². The molecule has 2 atom stereocenters. The maximum Gasteiger partial charge on any atom is 0.105 e. The molecular formula is C13H21NOS. The van der Waals surface area contributed by atoms with Gasteiger partial charge in [0.1, 0.15) is 11.5 Å². The molecule has 3 heteroatoms. The van der Waals surface area contributed by atoms with Gasteiger partial charge in [0.25, 0.3) is 0 Å². The Morgan fingerprint density at radius 3 is 2.88 bits per heavy atom. The molecule has 90 valence electrons. The molecule has 1 fully saturated rings. The lowest BCUT2D eigenvalue weighted by Crippen LogP contribution is -2.35. The third-order valence-electron chi connectivity index (χ3n) is 3.19. The summed E-state index contributed by atoms with van der Waals surface area (Å²) in [5.74, 6) is 4.65. The fourth-order valence-corrected chi connectivity index (χ4v) is 3.48. The van der Waals surface area contributed by atoms with E-state index in [0.717, 1.165) is 11.5 Å². The first-order valence-corrected chi connectivity index (χ1v) is 7.23. The van der Waals surface area contributed by atoms with Gasteiger partial charge in [0, 0.05) is 23.4 Å². The van der Waals surface area contributed by atoms with Crippen LogP contribution in [0.1, 0.15) is 42.9 Å². The van der Waals surface area contributed by atoms with Crippen LogP contribution in [0.4, 0.5) is 0 Å². The van der Waals surface area contributed by atoms with E-state index in [0.29, 0.717) is 12.1 Å². The van der Waals surface area contributed by atoms with E-state index in [1.165, 1.54) is 29.9 Å². The van der Waals surface area contributed by atoms with Crippen LogP contribution < -0.4 is 5.32 Å². The van der Waals surface area contributed by atoms with Crippen LogP contribution >= 0.6 is 11.8 Å². The quantitative estimate of drug-likeness (QED) is 0.874. The fraction of sp³-hybridized carbons (Fsp3) is 0.692. The number of thioether (sulfide) groups is 1. The summed E-state index contributed by atoms with van der Waals surface area (Å²) in [5, 5.41) is 3.71. The maximum atomic E-state index is 5.58. The van der Waals surface area contributed by atoms with Crippen molar-refractivity contribution >= 4 is 11.8 Å². The number of hydrogen-bond acceptors (Lipinski definition) is 3. The molecule has 1 aliphatic rings. The average Bonchev–Trinajstić information content (AvgIpc) is 2.59. The zero-order valence-corrected chi connectivity index (χ0v) is 11.2. The molecule has 0 amide bonds. The molecular weight excluding hydrogens is 218 g/mol. The van der Waals surface area contributed by atoms with Crippen LogP contribution in [0.3, 0.4) is 0 Å². The Morgan fingerprint density at radius 1 is 1.50 bits per heavy atom. The van der Waals surface area contributed by atoms with Gasteiger partial charge in [-0.1, -0.05) is 0 Å². The summed E-state index contributed by atoms with van der Waals surface area (Å²) in [5.41, 5.74) is 1.31. The molecule has 16 heavy (non-hydrogen) atoms. The highest BCUT2D eigenvalue weighted by atomic mass is 32.2. The number of nitrogens with one attached hydrogen (secondary N) is 1. The van der Waals surface area contributed by atoms with E-state index in [1.54, 1.807) is 0 Å². The van der Waals surface area contributed by atoms with Crippen LogP contribution in [0.25, 0.3) is 0 Å². The van der Waals surface area contributed by atoms with Crippen molar-refractivity contribution in [2.24, 2.45) is 0 Å². The molecule has 2 heterocycles. The van der Waals surface area contributed by atoms with Crippen LogP contribution in [0, 0.1) is 13.8 Å². The summed E-state index contributed by atoms with van der Waals surface area (Å²) in [6.45, 7) is 6.30. The van der Waals surface area contributed by atoms with Gasteiger partial charge in [-0.25, -0.2) is 0 Å².